The summed E-state index contributed by atoms with van der Waals surface area (Å²) >= 11 is 1.32. The molecular weight excluding hydrogens is 402 g/mol. The van der Waals surface area contributed by atoms with E-state index < -0.39 is 10.0 Å². The molecule has 2 aromatic rings. The molecule has 0 spiro atoms. The minimum Gasteiger partial charge on any atom is -0.457 e. The smallest absolute Gasteiger partial charge is 0.286 e. The number of hydrogen-bond donors (Lipinski definition) is 1. The number of furan rings is 1. The summed E-state index contributed by atoms with van der Waals surface area (Å²) in [5, 5.41) is 5.79. The van der Waals surface area contributed by atoms with Gasteiger partial charge in [0, 0.05) is 24.7 Å². The van der Waals surface area contributed by atoms with Gasteiger partial charge in [-0.1, -0.05) is 0 Å². The van der Waals surface area contributed by atoms with Crippen LogP contribution in [0.15, 0.2) is 55.6 Å². The molecule has 1 fully saturated rings. The van der Waals surface area contributed by atoms with Crippen molar-refractivity contribution in [3.8, 4) is 11.3 Å². The predicted molar refractivity (Wildman–Crippen MR) is 106 cm³/mol. The Hall–Kier alpha value is -2.40. The molecule has 28 heavy (non-hydrogen) atoms. The number of hydrogen-bond acceptors (Lipinski definition) is 7. The van der Waals surface area contributed by atoms with E-state index in [1.54, 1.807) is 30.3 Å². The quantitative estimate of drug-likeness (QED) is 0.756. The summed E-state index contributed by atoms with van der Waals surface area (Å²) in [5.74, 6) is 0.777. The highest BCUT2D eigenvalue weighted by molar-refractivity contribution is 8.18. The van der Waals surface area contributed by atoms with Crippen molar-refractivity contribution in [1.29, 1.82) is 0 Å². The molecule has 146 valence electrons. The number of nitrogens with zero attached hydrogens (tertiary/aromatic N) is 2. The molecule has 1 saturated heterocycles. The number of sulfonamides is 1. The number of aliphatic imine (C=N–C) groups is 1. The van der Waals surface area contributed by atoms with E-state index in [1.165, 1.54) is 23.9 Å². The number of amidine groups is 1. The van der Waals surface area contributed by atoms with Gasteiger partial charge < -0.3 is 14.1 Å². The summed E-state index contributed by atoms with van der Waals surface area (Å²) in [7, 11) is -3.74. The normalized spacial score (nSPS) is 19.3. The molecule has 2 N–H and O–H groups in total. The Morgan fingerprint density at radius 3 is 2.50 bits per heavy atom. The molecule has 1 amide bonds. The zero-order chi connectivity index (χ0) is 19.7. The number of carbonyl (C=O) groups excluding carboxylic acids is 1. The lowest BCUT2D eigenvalue weighted by atomic mass is 10.2. The lowest BCUT2D eigenvalue weighted by molar-refractivity contribution is -0.113. The van der Waals surface area contributed by atoms with Crippen LogP contribution >= 0.6 is 11.8 Å². The van der Waals surface area contributed by atoms with E-state index in [4.69, 9.17) is 14.3 Å². The Labute approximate surface area is 166 Å². The van der Waals surface area contributed by atoms with Crippen molar-refractivity contribution in [2.24, 2.45) is 10.1 Å². The fraction of sp³-hybridized carbons (Fsp3) is 0.222. The number of morpholine rings is 1. The van der Waals surface area contributed by atoms with Crippen molar-refractivity contribution < 1.29 is 22.4 Å². The number of rotatable bonds is 3. The highest BCUT2D eigenvalue weighted by atomic mass is 32.2. The van der Waals surface area contributed by atoms with Gasteiger partial charge >= 0.3 is 0 Å². The fourth-order valence-corrected chi connectivity index (χ4v) is 4.27. The zero-order valence-corrected chi connectivity index (χ0v) is 16.3. The summed E-state index contributed by atoms with van der Waals surface area (Å²) in [4.78, 5) is 18.9. The third kappa shape index (κ3) is 4.04. The molecular formula is C18H17N3O5S2. The summed E-state index contributed by atoms with van der Waals surface area (Å²) in [6.45, 7) is 2.68. The molecule has 1 aromatic heterocycles. The van der Waals surface area contributed by atoms with Crippen LogP contribution in [0, 0.1) is 0 Å². The van der Waals surface area contributed by atoms with Crippen molar-refractivity contribution in [1.82, 2.24) is 4.90 Å². The van der Waals surface area contributed by atoms with Crippen LogP contribution in [-0.2, 0) is 19.6 Å². The number of nitrogens with two attached hydrogens (primary N) is 1. The highest BCUT2D eigenvalue weighted by Crippen LogP contribution is 2.32. The van der Waals surface area contributed by atoms with Gasteiger partial charge in [0.05, 0.1) is 23.0 Å². The first-order chi connectivity index (χ1) is 13.4. The standard InChI is InChI=1S/C18H17N3O5S2/c19-28(23,24)14-4-1-12(2-5-14)15-6-3-13(26-15)11-16-17(22)20-18(27-16)21-7-9-25-10-8-21/h1-6,11H,7-10H2,(H2,19,23,24). The van der Waals surface area contributed by atoms with Gasteiger partial charge in [0.15, 0.2) is 5.17 Å². The molecule has 2 aliphatic heterocycles. The molecule has 8 nitrogen and oxygen atoms in total. The van der Waals surface area contributed by atoms with E-state index in [0.29, 0.717) is 53.5 Å². The zero-order valence-electron chi connectivity index (χ0n) is 14.7. The predicted octanol–water partition coefficient (Wildman–Crippen LogP) is 1.90. The van der Waals surface area contributed by atoms with Gasteiger partial charge in [-0.2, -0.15) is 4.99 Å². The second-order valence-corrected chi connectivity index (χ2v) is 8.75. The number of amides is 1. The van der Waals surface area contributed by atoms with Gasteiger partial charge in [-0.25, -0.2) is 13.6 Å². The monoisotopic (exact) mass is 419 g/mol. The number of carbonyl (C=O) groups is 1. The largest absolute Gasteiger partial charge is 0.457 e. The van der Waals surface area contributed by atoms with Crippen molar-refractivity contribution in [3.63, 3.8) is 0 Å². The minimum atomic E-state index is -3.74. The van der Waals surface area contributed by atoms with Gasteiger partial charge in [-0.15, -0.1) is 0 Å². The molecule has 2 aliphatic rings. The Morgan fingerprint density at radius 2 is 1.82 bits per heavy atom. The maximum atomic E-state index is 12.2. The van der Waals surface area contributed by atoms with Gasteiger partial charge in [-0.05, 0) is 48.2 Å². The van der Waals surface area contributed by atoms with Crippen molar-refractivity contribution >= 4 is 38.9 Å². The van der Waals surface area contributed by atoms with E-state index in [9.17, 15) is 13.2 Å². The molecule has 10 heteroatoms. The van der Waals surface area contributed by atoms with Crippen LogP contribution in [0.4, 0.5) is 0 Å². The second kappa shape index (κ2) is 7.55. The summed E-state index contributed by atoms with van der Waals surface area (Å²) < 4.78 is 33.8. The molecule has 0 unspecified atom stereocenters. The van der Waals surface area contributed by atoms with E-state index in [-0.39, 0.29) is 10.8 Å². The van der Waals surface area contributed by atoms with Crippen molar-refractivity contribution in [2.75, 3.05) is 26.3 Å². The Balaban J connectivity index is 1.50. The molecule has 0 aliphatic carbocycles. The van der Waals surface area contributed by atoms with Crippen LogP contribution in [-0.4, -0.2) is 50.7 Å². The Morgan fingerprint density at radius 1 is 1.11 bits per heavy atom. The minimum absolute atomic E-state index is 0.0332. The van der Waals surface area contributed by atoms with Crippen LogP contribution in [0.2, 0.25) is 0 Å². The number of primary sulfonamides is 1. The first-order valence-corrected chi connectivity index (χ1v) is 10.8. The topological polar surface area (TPSA) is 115 Å². The third-order valence-electron chi connectivity index (χ3n) is 4.26. The van der Waals surface area contributed by atoms with Crippen molar-refractivity contribution in [3.05, 3.63) is 47.1 Å². The molecule has 3 heterocycles. The first-order valence-electron chi connectivity index (χ1n) is 8.48. The third-order valence-corrected chi connectivity index (χ3v) is 6.23. The van der Waals surface area contributed by atoms with E-state index in [2.05, 4.69) is 4.99 Å². The average Bonchev–Trinajstić information content (AvgIpc) is 3.29. The molecule has 1 aromatic carbocycles. The first kappa shape index (κ1) is 18.9. The summed E-state index contributed by atoms with van der Waals surface area (Å²) in [6.07, 6.45) is 1.66. The summed E-state index contributed by atoms with van der Waals surface area (Å²) in [6, 6.07) is 9.58. The van der Waals surface area contributed by atoms with Crippen molar-refractivity contribution in [2.45, 2.75) is 4.90 Å². The Kier molecular flexibility index (Phi) is 5.11. The molecule has 0 saturated carbocycles. The van der Waals surface area contributed by atoms with Gasteiger partial charge in [-0.3, -0.25) is 4.79 Å². The van der Waals surface area contributed by atoms with Crippen LogP contribution in [0.3, 0.4) is 0 Å². The second-order valence-electron chi connectivity index (χ2n) is 6.18. The maximum absolute atomic E-state index is 12.2. The Bertz CT molecular complexity index is 1060. The lowest BCUT2D eigenvalue weighted by Gasteiger charge is -2.27. The lowest BCUT2D eigenvalue weighted by Crippen LogP contribution is -2.38. The number of benzene rings is 1. The van der Waals surface area contributed by atoms with Gasteiger partial charge in [0.1, 0.15) is 11.5 Å². The SMILES string of the molecule is NS(=O)(=O)c1ccc(-c2ccc(C=C3SC(N4CCOCC4)=NC3=O)o2)cc1. The maximum Gasteiger partial charge on any atom is 0.286 e. The van der Waals surface area contributed by atoms with Crippen LogP contribution in [0.1, 0.15) is 5.76 Å². The average molecular weight is 419 g/mol. The highest BCUT2D eigenvalue weighted by Gasteiger charge is 2.27. The van der Waals surface area contributed by atoms with Gasteiger partial charge in [0.2, 0.25) is 10.0 Å². The molecule has 4 rings (SSSR count). The van der Waals surface area contributed by atoms with E-state index in [1.807, 2.05) is 4.90 Å². The van der Waals surface area contributed by atoms with Gasteiger partial charge in [0.25, 0.3) is 5.91 Å². The van der Waals surface area contributed by atoms with E-state index >= 15 is 0 Å². The van der Waals surface area contributed by atoms with E-state index in [0.717, 1.165) is 0 Å². The van der Waals surface area contributed by atoms with Crippen LogP contribution < -0.4 is 5.14 Å². The molecule has 0 atom stereocenters. The summed E-state index contributed by atoms with van der Waals surface area (Å²) in [5.41, 5.74) is 0.702. The fourth-order valence-electron chi connectivity index (χ4n) is 2.81. The number of ether oxygens (including phenoxy) is 1. The molecule has 0 radical (unpaired) electrons. The van der Waals surface area contributed by atoms with Crippen LogP contribution in [0.25, 0.3) is 17.4 Å². The number of thioether (sulfide) groups is 1. The molecule has 0 bridgehead atoms. The van der Waals surface area contributed by atoms with Crippen LogP contribution in [0.5, 0.6) is 0 Å².